The molecule has 3 aromatic carbocycles. The minimum atomic E-state index is 0. The van der Waals surface area contributed by atoms with Crippen LogP contribution in [0.4, 0.5) is 5.69 Å². The van der Waals surface area contributed by atoms with Crippen LogP contribution in [-0.4, -0.2) is 4.98 Å². The Morgan fingerprint density at radius 1 is 0.735 bits per heavy atom. The van der Waals surface area contributed by atoms with Crippen LogP contribution in [0.25, 0.3) is 5.32 Å². The Morgan fingerprint density at radius 3 is 1.76 bits per heavy atom. The summed E-state index contributed by atoms with van der Waals surface area (Å²) < 4.78 is 0. The van der Waals surface area contributed by atoms with Gasteiger partial charge < -0.3 is 11.7 Å². The van der Waals surface area contributed by atoms with Crippen molar-refractivity contribution < 1.29 is 26.2 Å². The third-order valence-corrected chi connectivity index (χ3v) is 5.24. The Kier molecular flexibility index (Phi) is 12.9. The van der Waals surface area contributed by atoms with Gasteiger partial charge >= 0.3 is 26.2 Å². The van der Waals surface area contributed by atoms with Crippen LogP contribution >= 0.6 is 0 Å². The van der Waals surface area contributed by atoms with Crippen molar-refractivity contribution in [3.05, 3.63) is 157 Å². The smallest absolute Gasteiger partial charge is 0.679 e. The van der Waals surface area contributed by atoms with Crippen molar-refractivity contribution in [3.8, 4) is 0 Å². The molecule has 0 N–H and O–H groups in total. The number of nitrogens with zero attached hydrogens (tertiary/aromatic N) is 2. The summed E-state index contributed by atoms with van der Waals surface area (Å²) in [5.41, 5.74) is 5.42. The number of pyridine rings is 1. The Balaban J connectivity index is 0.000000224. The molecule has 5 rings (SSSR count). The van der Waals surface area contributed by atoms with Crippen LogP contribution in [-0.2, 0) is 32.7 Å². The van der Waals surface area contributed by atoms with Gasteiger partial charge in [0.2, 0.25) is 0 Å². The van der Waals surface area contributed by atoms with Gasteiger partial charge in [0.1, 0.15) is 0 Å². The van der Waals surface area contributed by atoms with Gasteiger partial charge in [-0.2, -0.15) is 55.7 Å². The molecule has 1 atom stereocenters. The molecule has 170 valence electrons. The summed E-state index contributed by atoms with van der Waals surface area (Å²) in [5, 5.41) is 4.57. The summed E-state index contributed by atoms with van der Waals surface area (Å²) in [6, 6.07) is 36.1. The summed E-state index contributed by atoms with van der Waals surface area (Å²) in [5.74, 6) is 0.552. The molecule has 0 bridgehead atoms. The fourth-order valence-electron chi connectivity index (χ4n) is 3.50. The van der Waals surface area contributed by atoms with E-state index in [1.54, 1.807) is 0 Å². The molecule has 2 nitrogen and oxygen atoms in total. The van der Waals surface area contributed by atoms with Gasteiger partial charge in [-0.15, -0.1) is 35.9 Å². The molecule has 1 aliphatic rings. The van der Waals surface area contributed by atoms with E-state index in [9.17, 15) is 0 Å². The number of benzene rings is 3. The first-order valence-corrected chi connectivity index (χ1v) is 11.5. The summed E-state index contributed by atoms with van der Waals surface area (Å²) in [6.07, 6.45) is 6.16. The SMILES string of the molecule is [CH2-]c1ccccc1.[CH2-]c1ccccc1.[Zr+4].c1ccc([N-]Cc2cccc(C3[CH-]CCC3)n2)cc1. The van der Waals surface area contributed by atoms with Gasteiger partial charge in [-0.25, -0.2) is 0 Å². The molecule has 4 aromatic rings. The first-order chi connectivity index (χ1) is 16.2. The number of aromatic nitrogens is 1. The maximum atomic E-state index is 4.74. The molecule has 1 unspecified atom stereocenters. The van der Waals surface area contributed by atoms with E-state index in [1.807, 2.05) is 91.0 Å². The third kappa shape index (κ3) is 10.4. The summed E-state index contributed by atoms with van der Waals surface area (Å²) in [6.45, 7) is 8.10. The number of para-hydroxylation sites is 1. The Bertz CT molecular complexity index is 993. The first-order valence-electron chi connectivity index (χ1n) is 11.5. The van der Waals surface area contributed by atoms with E-state index in [2.05, 4.69) is 43.8 Å². The number of hydrogen-bond donors (Lipinski definition) is 0. The fraction of sp³-hybridized carbons (Fsp3) is 0.161. The van der Waals surface area contributed by atoms with Crippen molar-refractivity contribution in [1.82, 2.24) is 4.98 Å². The summed E-state index contributed by atoms with van der Waals surface area (Å²) in [7, 11) is 0. The van der Waals surface area contributed by atoms with Gasteiger partial charge in [-0.05, 0) is 12.1 Å². The normalized spacial score (nSPS) is 13.8. The van der Waals surface area contributed by atoms with Crippen LogP contribution in [0.2, 0.25) is 0 Å². The maximum Gasteiger partial charge on any atom is 4.00 e. The molecule has 34 heavy (non-hydrogen) atoms. The van der Waals surface area contributed by atoms with Crippen molar-refractivity contribution in [1.29, 1.82) is 0 Å². The molecular formula is C31H32N2Zr. The Morgan fingerprint density at radius 2 is 1.29 bits per heavy atom. The second-order valence-corrected chi connectivity index (χ2v) is 7.95. The molecular weight excluding hydrogens is 492 g/mol. The van der Waals surface area contributed by atoms with E-state index >= 15 is 0 Å². The molecule has 1 heterocycles. The van der Waals surface area contributed by atoms with E-state index in [-0.39, 0.29) is 26.2 Å². The van der Waals surface area contributed by atoms with Gasteiger partial charge in [0.05, 0.1) is 0 Å². The van der Waals surface area contributed by atoms with Gasteiger partial charge in [0.25, 0.3) is 0 Å². The van der Waals surface area contributed by atoms with Crippen LogP contribution < -0.4 is 0 Å². The van der Waals surface area contributed by atoms with Crippen LogP contribution in [0.15, 0.2) is 109 Å². The minimum Gasteiger partial charge on any atom is -0.679 e. The summed E-state index contributed by atoms with van der Waals surface area (Å²) >= 11 is 0. The quantitative estimate of drug-likeness (QED) is 0.246. The summed E-state index contributed by atoms with van der Waals surface area (Å²) in [4.78, 5) is 4.74. The third-order valence-electron chi connectivity index (χ3n) is 5.24. The number of rotatable bonds is 4. The van der Waals surface area contributed by atoms with Crippen molar-refractivity contribution in [2.75, 3.05) is 0 Å². The molecule has 0 aliphatic heterocycles. The Hall–Kier alpha value is -2.77. The van der Waals surface area contributed by atoms with Crippen LogP contribution in [0, 0.1) is 20.3 Å². The molecule has 1 fully saturated rings. The average Bonchev–Trinajstić information content (AvgIpc) is 3.41. The molecule has 1 aliphatic carbocycles. The van der Waals surface area contributed by atoms with Gasteiger partial charge in [0.15, 0.2) is 0 Å². The van der Waals surface area contributed by atoms with Crippen molar-refractivity contribution in [3.63, 3.8) is 0 Å². The predicted octanol–water partition coefficient (Wildman–Crippen LogP) is 8.49. The minimum absolute atomic E-state index is 0. The number of hydrogen-bond acceptors (Lipinski definition) is 1. The van der Waals surface area contributed by atoms with Crippen molar-refractivity contribution in [2.45, 2.75) is 31.7 Å². The molecule has 1 aromatic heterocycles. The second-order valence-electron chi connectivity index (χ2n) is 7.95. The first kappa shape index (κ1) is 27.5. The van der Waals surface area contributed by atoms with Crippen molar-refractivity contribution in [2.24, 2.45) is 0 Å². The molecule has 0 amide bonds. The molecule has 1 saturated carbocycles. The molecule has 0 saturated heterocycles. The maximum absolute atomic E-state index is 4.74. The average molecular weight is 524 g/mol. The van der Waals surface area contributed by atoms with Gasteiger partial charge in [0, 0.05) is 11.4 Å². The zero-order valence-electron chi connectivity index (χ0n) is 19.7. The van der Waals surface area contributed by atoms with E-state index in [0.717, 1.165) is 22.5 Å². The topological polar surface area (TPSA) is 27.0 Å². The van der Waals surface area contributed by atoms with Crippen LogP contribution in [0.1, 0.15) is 47.7 Å². The largest absolute Gasteiger partial charge is 4.00 e. The predicted molar refractivity (Wildman–Crippen MR) is 140 cm³/mol. The standard InChI is InChI=1S/C17H18N2.2C7H7.Zr/c1-2-9-15(10-3-1)18-13-16-11-6-12-17(19-16)14-7-4-5-8-14;2*1-7-5-3-2-4-6-7;/h1-3,6-7,9-12,14H,4-5,8,13H2;2*2-6H,1H2;/q-2;2*-1;+4. The van der Waals surface area contributed by atoms with E-state index in [0.29, 0.717) is 12.5 Å². The van der Waals surface area contributed by atoms with Crippen LogP contribution in [0.5, 0.6) is 0 Å². The van der Waals surface area contributed by atoms with Gasteiger partial charge in [-0.1, -0.05) is 67.9 Å². The molecule has 3 heteroatoms. The second kappa shape index (κ2) is 16.0. The monoisotopic (exact) mass is 522 g/mol. The van der Waals surface area contributed by atoms with E-state index in [1.165, 1.54) is 25.0 Å². The zero-order valence-corrected chi connectivity index (χ0v) is 22.1. The zero-order chi connectivity index (χ0) is 23.1. The van der Waals surface area contributed by atoms with E-state index in [4.69, 9.17) is 4.98 Å². The van der Waals surface area contributed by atoms with Crippen molar-refractivity contribution >= 4 is 5.69 Å². The van der Waals surface area contributed by atoms with Gasteiger partial charge in [-0.3, -0.25) is 4.98 Å². The molecule has 0 spiro atoms. The van der Waals surface area contributed by atoms with E-state index < -0.39 is 0 Å². The molecule has 0 radical (unpaired) electrons. The Labute approximate surface area is 225 Å². The van der Waals surface area contributed by atoms with Crippen LogP contribution in [0.3, 0.4) is 0 Å². The fourth-order valence-corrected chi connectivity index (χ4v) is 3.50.